The molecule has 0 radical (unpaired) electrons. The van der Waals surface area contributed by atoms with Gasteiger partial charge < -0.3 is 9.72 Å². The SMILES string of the molecule is O=C(OCc1nc2ccccc2c(=O)[nH]1)c1cncc(Br)c1. The van der Waals surface area contributed by atoms with Crippen LogP contribution in [0.25, 0.3) is 10.9 Å². The number of esters is 1. The van der Waals surface area contributed by atoms with E-state index in [9.17, 15) is 9.59 Å². The summed E-state index contributed by atoms with van der Waals surface area (Å²) in [4.78, 5) is 34.6. The number of benzene rings is 1. The zero-order valence-electron chi connectivity index (χ0n) is 11.2. The van der Waals surface area contributed by atoms with Crippen LogP contribution in [0, 0.1) is 0 Å². The molecule has 0 bridgehead atoms. The predicted molar refractivity (Wildman–Crippen MR) is 83.4 cm³/mol. The van der Waals surface area contributed by atoms with Gasteiger partial charge in [0, 0.05) is 16.9 Å². The van der Waals surface area contributed by atoms with Crippen LogP contribution in [0.1, 0.15) is 16.2 Å². The molecular weight excluding hydrogens is 350 g/mol. The molecule has 6 nitrogen and oxygen atoms in total. The van der Waals surface area contributed by atoms with Crippen LogP contribution in [0.2, 0.25) is 0 Å². The van der Waals surface area contributed by atoms with E-state index in [1.165, 1.54) is 6.20 Å². The normalized spacial score (nSPS) is 10.6. The molecule has 1 aromatic carbocycles. The number of nitrogens with one attached hydrogen (secondary N) is 1. The number of aromatic nitrogens is 3. The minimum atomic E-state index is -0.537. The van der Waals surface area contributed by atoms with Crippen LogP contribution in [0.5, 0.6) is 0 Å². The Balaban J connectivity index is 1.79. The topological polar surface area (TPSA) is 84.9 Å². The third kappa shape index (κ3) is 3.04. The summed E-state index contributed by atoms with van der Waals surface area (Å²) >= 11 is 3.23. The lowest BCUT2D eigenvalue weighted by Crippen LogP contribution is -2.14. The molecule has 22 heavy (non-hydrogen) atoms. The summed E-state index contributed by atoms with van der Waals surface area (Å²) in [6.45, 7) is -0.120. The van der Waals surface area contributed by atoms with Gasteiger partial charge in [0.2, 0.25) is 0 Å². The Morgan fingerprint density at radius 1 is 1.27 bits per heavy atom. The molecule has 0 aliphatic carbocycles. The highest BCUT2D eigenvalue weighted by Crippen LogP contribution is 2.11. The molecule has 3 aromatic rings. The van der Waals surface area contributed by atoms with Gasteiger partial charge in [0.1, 0.15) is 12.4 Å². The summed E-state index contributed by atoms with van der Waals surface area (Å²) in [7, 11) is 0. The lowest BCUT2D eigenvalue weighted by molar-refractivity contribution is 0.0461. The number of hydrogen-bond donors (Lipinski definition) is 1. The van der Waals surface area contributed by atoms with E-state index in [0.717, 1.165) is 0 Å². The molecule has 0 saturated heterocycles. The zero-order chi connectivity index (χ0) is 15.5. The van der Waals surface area contributed by atoms with Crippen LogP contribution in [0.3, 0.4) is 0 Å². The quantitative estimate of drug-likeness (QED) is 0.726. The van der Waals surface area contributed by atoms with Crippen molar-refractivity contribution in [3.05, 3.63) is 68.9 Å². The molecule has 3 rings (SSSR count). The van der Waals surface area contributed by atoms with E-state index in [2.05, 4.69) is 30.9 Å². The molecule has 7 heteroatoms. The molecule has 0 amide bonds. The van der Waals surface area contributed by atoms with E-state index in [-0.39, 0.29) is 12.2 Å². The number of halogens is 1. The Morgan fingerprint density at radius 3 is 2.91 bits per heavy atom. The number of fused-ring (bicyclic) bond motifs is 1. The number of rotatable bonds is 3. The Labute approximate surface area is 133 Å². The number of H-pyrrole nitrogens is 1. The summed E-state index contributed by atoms with van der Waals surface area (Å²) < 4.78 is 5.82. The van der Waals surface area contributed by atoms with Gasteiger partial charge in [-0.3, -0.25) is 9.78 Å². The fraction of sp³-hybridized carbons (Fsp3) is 0.0667. The maximum atomic E-state index is 11.9. The number of hydrogen-bond acceptors (Lipinski definition) is 5. The molecule has 2 aromatic heterocycles. The zero-order valence-corrected chi connectivity index (χ0v) is 12.8. The van der Waals surface area contributed by atoms with Gasteiger partial charge in [0.05, 0.1) is 16.5 Å². The van der Waals surface area contributed by atoms with Crippen LogP contribution in [0.4, 0.5) is 0 Å². The third-order valence-corrected chi connectivity index (χ3v) is 3.38. The lowest BCUT2D eigenvalue weighted by atomic mass is 10.2. The monoisotopic (exact) mass is 359 g/mol. The van der Waals surface area contributed by atoms with E-state index in [0.29, 0.717) is 26.8 Å². The maximum Gasteiger partial charge on any atom is 0.340 e. The largest absolute Gasteiger partial charge is 0.454 e. The molecule has 0 unspecified atom stereocenters. The van der Waals surface area contributed by atoms with Crippen molar-refractivity contribution in [2.75, 3.05) is 0 Å². The van der Waals surface area contributed by atoms with E-state index in [4.69, 9.17) is 4.74 Å². The van der Waals surface area contributed by atoms with E-state index in [1.54, 1.807) is 36.5 Å². The lowest BCUT2D eigenvalue weighted by Gasteiger charge is -2.05. The molecular formula is C15H10BrN3O3. The van der Waals surface area contributed by atoms with Gasteiger partial charge in [-0.2, -0.15) is 0 Å². The Kier molecular flexibility index (Phi) is 3.97. The van der Waals surface area contributed by atoms with Crippen molar-refractivity contribution < 1.29 is 9.53 Å². The first-order chi connectivity index (χ1) is 10.6. The van der Waals surface area contributed by atoms with Gasteiger partial charge in [0.25, 0.3) is 5.56 Å². The fourth-order valence-corrected chi connectivity index (χ4v) is 2.31. The van der Waals surface area contributed by atoms with Crippen molar-refractivity contribution in [1.82, 2.24) is 15.0 Å². The molecule has 0 saturated carbocycles. The maximum absolute atomic E-state index is 11.9. The van der Waals surface area contributed by atoms with E-state index >= 15 is 0 Å². The van der Waals surface area contributed by atoms with Crippen LogP contribution in [0.15, 0.2) is 52.0 Å². The average molecular weight is 360 g/mol. The molecule has 1 N–H and O–H groups in total. The first kappa shape index (κ1) is 14.4. The van der Waals surface area contributed by atoms with Crippen LogP contribution < -0.4 is 5.56 Å². The number of aromatic amines is 1. The molecule has 0 aliphatic heterocycles. The summed E-state index contributed by atoms with van der Waals surface area (Å²) in [6.07, 6.45) is 2.98. The number of nitrogens with zero attached hydrogens (tertiary/aromatic N) is 2. The van der Waals surface area contributed by atoms with Gasteiger partial charge in [-0.25, -0.2) is 9.78 Å². The number of pyridine rings is 1. The van der Waals surface area contributed by atoms with Crippen LogP contribution in [-0.2, 0) is 11.3 Å². The smallest absolute Gasteiger partial charge is 0.340 e. The summed E-state index contributed by atoms with van der Waals surface area (Å²) in [5.74, 6) is -0.246. The average Bonchev–Trinajstić information content (AvgIpc) is 2.53. The second-order valence-corrected chi connectivity index (χ2v) is 5.41. The highest BCUT2D eigenvalue weighted by Gasteiger charge is 2.10. The molecule has 110 valence electrons. The van der Waals surface area contributed by atoms with Gasteiger partial charge in [0.15, 0.2) is 0 Å². The summed E-state index contributed by atoms with van der Waals surface area (Å²) in [5, 5.41) is 0.494. The summed E-state index contributed by atoms with van der Waals surface area (Å²) in [5.41, 5.74) is 0.611. The third-order valence-electron chi connectivity index (χ3n) is 2.94. The fourth-order valence-electron chi connectivity index (χ4n) is 1.94. The molecule has 0 fully saturated rings. The highest BCUT2D eigenvalue weighted by molar-refractivity contribution is 9.10. The predicted octanol–water partition coefficient (Wildman–Crippen LogP) is 2.44. The first-order valence-corrected chi connectivity index (χ1v) is 7.18. The van der Waals surface area contributed by atoms with Crippen molar-refractivity contribution in [3.63, 3.8) is 0 Å². The van der Waals surface area contributed by atoms with E-state index < -0.39 is 5.97 Å². The Hall–Kier alpha value is -2.54. The van der Waals surface area contributed by atoms with Crippen molar-refractivity contribution >= 4 is 32.8 Å². The van der Waals surface area contributed by atoms with Crippen molar-refractivity contribution in [3.8, 4) is 0 Å². The molecule has 0 aliphatic rings. The van der Waals surface area contributed by atoms with Gasteiger partial charge >= 0.3 is 5.97 Å². The summed E-state index contributed by atoms with van der Waals surface area (Å²) in [6, 6.07) is 8.57. The highest BCUT2D eigenvalue weighted by atomic mass is 79.9. The van der Waals surface area contributed by atoms with Crippen LogP contribution in [-0.4, -0.2) is 20.9 Å². The minimum Gasteiger partial charge on any atom is -0.454 e. The van der Waals surface area contributed by atoms with Gasteiger partial charge in [-0.05, 0) is 34.1 Å². The van der Waals surface area contributed by atoms with Crippen molar-refractivity contribution in [2.24, 2.45) is 0 Å². The number of ether oxygens (including phenoxy) is 1. The van der Waals surface area contributed by atoms with E-state index in [1.807, 2.05) is 0 Å². The molecule has 2 heterocycles. The van der Waals surface area contributed by atoms with Crippen molar-refractivity contribution in [2.45, 2.75) is 6.61 Å². The first-order valence-electron chi connectivity index (χ1n) is 6.39. The standard InChI is InChI=1S/C15H10BrN3O3/c16-10-5-9(6-17-7-10)15(21)22-8-13-18-12-4-2-1-3-11(12)14(20)19-13/h1-7H,8H2,(H,18,19,20). The number of carbonyl (C=O) groups excluding carboxylic acids is 1. The van der Waals surface area contributed by atoms with Crippen LogP contribution >= 0.6 is 15.9 Å². The van der Waals surface area contributed by atoms with Gasteiger partial charge in [-0.15, -0.1) is 0 Å². The number of para-hydroxylation sites is 1. The van der Waals surface area contributed by atoms with Crippen molar-refractivity contribution in [1.29, 1.82) is 0 Å². The molecule has 0 atom stereocenters. The minimum absolute atomic E-state index is 0.120. The number of carbonyl (C=O) groups is 1. The second kappa shape index (κ2) is 6.07. The Morgan fingerprint density at radius 2 is 2.09 bits per heavy atom. The Bertz CT molecular complexity index is 908. The van der Waals surface area contributed by atoms with Gasteiger partial charge in [-0.1, -0.05) is 12.1 Å². The molecule has 0 spiro atoms. The second-order valence-electron chi connectivity index (χ2n) is 4.50.